The zero-order valence-corrected chi connectivity index (χ0v) is 13.9. The molecular formula is C19H16N4O3. The number of hydrogen-bond acceptors (Lipinski definition) is 5. The van der Waals surface area contributed by atoms with E-state index in [4.69, 9.17) is 4.74 Å². The van der Waals surface area contributed by atoms with E-state index >= 15 is 0 Å². The summed E-state index contributed by atoms with van der Waals surface area (Å²) in [5, 5.41) is 10.6. The lowest BCUT2D eigenvalue weighted by atomic mass is 9.85. The van der Waals surface area contributed by atoms with Gasteiger partial charge in [0.15, 0.2) is 5.60 Å². The molecule has 1 saturated heterocycles. The van der Waals surface area contributed by atoms with Gasteiger partial charge in [0.25, 0.3) is 5.91 Å². The summed E-state index contributed by atoms with van der Waals surface area (Å²) < 4.78 is 5.77. The number of esters is 1. The number of fused-ring (bicyclic) bond motifs is 3. The topological polar surface area (TPSA) is 88.2 Å². The van der Waals surface area contributed by atoms with Crippen molar-refractivity contribution in [3.63, 3.8) is 0 Å². The van der Waals surface area contributed by atoms with E-state index in [1.54, 1.807) is 29.2 Å². The molecule has 130 valence electrons. The van der Waals surface area contributed by atoms with Crippen molar-refractivity contribution in [2.75, 3.05) is 13.1 Å². The molecule has 26 heavy (non-hydrogen) atoms. The van der Waals surface area contributed by atoms with Gasteiger partial charge in [0.05, 0.1) is 12.1 Å². The maximum atomic E-state index is 13.0. The number of aromatic nitrogens is 3. The fourth-order valence-corrected chi connectivity index (χ4v) is 4.00. The van der Waals surface area contributed by atoms with Crippen LogP contribution in [0.1, 0.15) is 39.1 Å². The molecule has 1 aromatic heterocycles. The summed E-state index contributed by atoms with van der Waals surface area (Å²) in [6, 6.07) is 12.7. The minimum Gasteiger partial charge on any atom is -0.449 e. The molecule has 0 radical (unpaired) electrons. The lowest BCUT2D eigenvalue weighted by Crippen LogP contribution is -2.48. The Morgan fingerprint density at radius 2 is 2.00 bits per heavy atom. The van der Waals surface area contributed by atoms with Gasteiger partial charge in [-0.2, -0.15) is 15.4 Å². The Morgan fingerprint density at radius 3 is 2.92 bits per heavy atom. The molecule has 1 fully saturated rings. The van der Waals surface area contributed by atoms with Gasteiger partial charge in [0, 0.05) is 17.7 Å². The second kappa shape index (κ2) is 5.39. The normalized spacial score (nSPS) is 21.8. The molecule has 2 aliphatic rings. The molecule has 0 saturated carbocycles. The van der Waals surface area contributed by atoms with Crippen molar-refractivity contribution in [2.45, 2.75) is 18.4 Å². The fourth-order valence-electron chi connectivity index (χ4n) is 4.00. The SMILES string of the molecule is O=C1OC2(CCCN(C(=O)c3ccc4n[nH]nc4c3)C2)c2ccccc21. The van der Waals surface area contributed by atoms with E-state index in [2.05, 4.69) is 15.4 Å². The van der Waals surface area contributed by atoms with Crippen molar-refractivity contribution in [3.8, 4) is 0 Å². The summed E-state index contributed by atoms with van der Waals surface area (Å²) in [5.41, 5.74) is 2.68. The van der Waals surface area contributed by atoms with Gasteiger partial charge in [-0.15, -0.1) is 0 Å². The lowest BCUT2D eigenvalue weighted by molar-refractivity contribution is -0.0442. The third kappa shape index (κ3) is 2.13. The molecule has 1 atom stereocenters. The van der Waals surface area contributed by atoms with Crippen LogP contribution in [0.25, 0.3) is 11.0 Å². The molecule has 7 heteroatoms. The number of carbonyl (C=O) groups excluding carboxylic acids is 2. The van der Waals surface area contributed by atoms with Crippen molar-refractivity contribution in [1.29, 1.82) is 0 Å². The minimum absolute atomic E-state index is 0.0885. The van der Waals surface area contributed by atoms with Crippen molar-refractivity contribution in [1.82, 2.24) is 20.3 Å². The Balaban J connectivity index is 1.48. The first kappa shape index (κ1) is 15.1. The van der Waals surface area contributed by atoms with Crippen molar-refractivity contribution in [3.05, 3.63) is 59.2 Å². The van der Waals surface area contributed by atoms with Crippen LogP contribution in [0.4, 0.5) is 0 Å². The molecule has 2 aromatic carbocycles. The summed E-state index contributed by atoms with van der Waals surface area (Å²) in [7, 11) is 0. The first-order valence-corrected chi connectivity index (χ1v) is 8.59. The van der Waals surface area contributed by atoms with E-state index < -0.39 is 5.60 Å². The molecule has 5 rings (SSSR count). The van der Waals surface area contributed by atoms with Gasteiger partial charge in [0.1, 0.15) is 11.0 Å². The number of amides is 1. The molecular weight excluding hydrogens is 332 g/mol. The molecule has 1 N–H and O–H groups in total. The van der Waals surface area contributed by atoms with Crippen molar-refractivity contribution < 1.29 is 14.3 Å². The Labute approximate surface area is 148 Å². The average molecular weight is 348 g/mol. The van der Waals surface area contributed by atoms with Gasteiger partial charge in [0.2, 0.25) is 0 Å². The first-order chi connectivity index (χ1) is 12.7. The monoisotopic (exact) mass is 348 g/mol. The van der Waals surface area contributed by atoms with Gasteiger partial charge in [-0.25, -0.2) is 4.79 Å². The fraction of sp³-hybridized carbons (Fsp3) is 0.263. The predicted molar refractivity (Wildman–Crippen MR) is 92.6 cm³/mol. The van der Waals surface area contributed by atoms with Gasteiger partial charge >= 0.3 is 5.97 Å². The Hall–Kier alpha value is -3.22. The second-order valence-corrected chi connectivity index (χ2v) is 6.79. The molecule has 2 aliphatic heterocycles. The number of piperidine rings is 1. The predicted octanol–water partition coefficient (Wildman–Crippen LogP) is 2.26. The van der Waals surface area contributed by atoms with E-state index in [9.17, 15) is 9.59 Å². The lowest BCUT2D eigenvalue weighted by Gasteiger charge is -2.39. The smallest absolute Gasteiger partial charge is 0.339 e. The summed E-state index contributed by atoms with van der Waals surface area (Å²) in [6.07, 6.45) is 1.50. The maximum absolute atomic E-state index is 13.0. The molecule has 1 unspecified atom stereocenters. The number of rotatable bonds is 1. The molecule has 3 heterocycles. The quantitative estimate of drug-likeness (QED) is 0.682. The molecule has 7 nitrogen and oxygen atoms in total. The van der Waals surface area contributed by atoms with Gasteiger partial charge in [-0.1, -0.05) is 18.2 Å². The number of ether oxygens (including phenoxy) is 1. The number of benzene rings is 2. The van der Waals surface area contributed by atoms with Crippen LogP contribution in [-0.2, 0) is 10.3 Å². The summed E-state index contributed by atoms with van der Waals surface area (Å²) in [5.74, 6) is -0.395. The molecule has 0 aliphatic carbocycles. The van der Waals surface area contributed by atoms with Crippen LogP contribution >= 0.6 is 0 Å². The van der Waals surface area contributed by atoms with Crippen molar-refractivity contribution in [2.24, 2.45) is 0 Å². The maximum Gasteiger partial charge on any atom is 0.339 e. The highest BCUT2D eigenvalue weighted by molar-refractivity contribution is 5.98. The Bertz CT molecular complexity index is 1040. The average Bonchev–Trinajstić information content (AvgIpc) is 3.24. The molecule has 3 aromatic rings. The van der Waals surface area contributed by atoms with E-state index in [0.29, 0.717) is 29.7 Å². The van der Waals surface area contributed by atoms with E-state index in [-0.39, 0.29) is 11.9 Å². The van der Waals surface area contributed by atoms with Crippen LogP contribution in [0.15, 0.2) is 42.5 Å². The van der Waals surface area contributed by atoms with E-state index in [1.165, 1.54) is 0 Å². The van der Waals surface area contributed by atoms with Gasteiger partial charge in [-0.3, -0.25) is 4.79 Å². The van der Waals surface area contributed by atoms with Gasteiger partial charge in [-0.05, 0) is 37.1 Å². The summed E-state index contributed by atoms with van der Waals surface area (Å²) >= 11 is 0. The highest BCUT2D eigenvalue weighted by atomic mass is 16.6. The third-order valence-electron chi connectivity index (χ3n) is 5.23. The highest BCUT2D eigenvalue weighted by Gasteiger charge is 2.48. The number of likely N-dealkylation sites (tertiary alicyclic amines) is 1. The van der Waals surface area contributed by atoms with Crippen LogP contribution in [0, 0.1) is 0 Å². The highest BCUT2D eigenvalue weighted by Crippen LogP contribution is 2.43. The second-order valence-electron chi connectivity index (χ2n) is 6.79. The third-order valence-corrected chi connectivity index (χ3v) is 5.23. The van der Waals surface area contributed by atoms with Crippen LogP contribution in [0.3, 0.4) is 0 Å². The van der Waals surface area contributed by atoms with E-state index in [0.717, 1.165) is 23.9 Å². The number of hydrogen-bond donors (Lipinski definition) is 1. The van der Waals surface area contributed by atoms with Crippen LogP contribution < -0.4 is 0 Å². The molecule has 0 bridgehead atoms. The Morgan fingerprint density at radius 1 is 1.15 bits per heavy atom. The Kier molecular flexibility index (Phi) is 3.12. The van der Waals surface area contributed by atoms with E-state index in [1.807, 2.05) is 18.2 Å². The number of aromatic amines is 1. The zero-order valence-electron chi connectivity index (χ0n) is 13.9. The van der Waals surface area contributed by atoms with Crippen LogP contribution in [0.2, 0.25) is 0 Å². The zero-order chi connectivity index (χ0) is 17.7. The van der Waals surface area contributed by atoms with Crippen LogP contribution in [-0.4, -0.2) is 45.3 Å². The number of nitrogens with one attached hydrogen (secondary N) is 1. The standard InChI is InChI=1S/C19H16N4O3/c24-17(12-6-7-15-16(10-12)21-22-20-15)23-9-3-8-19(11-23)14-5-2-1-4-13(14)18(25)26-19/h1-2,4-7,10H,3,8-9,11H2,(H,20,21,22). The number of nitrogens with zero attached hydrogens (tertiary/aromatic N) is 3. The molecule has 1 amide bonds. The minimum atomic E-state index is -0.737. The largest absolute Gasteiger partial charge is 0.449 e. The number of carbonyl (C=O) groups is 2. The molecule has 1 spiro atoms. The first-order valence-electron chi connectivity index (χ1n) is 8.59. The van der Waals surface area contributed by atoms with Gasteiger partial charge < -0.3 is 9.64 Å². The number of H-pyrrole nitrogens is 1. The van der Waals surface area contributed by atoms with Crippen LogP contribution in [0.5, 0.6) is 0 Å². The van der Waals surface area contributed by atoms with Crippen molar-refractivity contribution >= 4 is 22.9 Å². The summed E-state index contributed by atoms with van der Waals surface area (Å²) in [4.78, 5) is 27.0. The summed E-state index contributed by atoms with van der Waals surface area (Å²) in [6.45, 7) is 1.00.